The zero-order valence-corrected chi connectivity index (χ0v) is 12.0. The molecule has 0 spiro atoms. The highest BCUT2D eigenvalue weighted by molar-refractivity contribution is 5.98. The van der Waals surface area contributed by atoms with Gasteiger partial charge in [0, 0.05) is 19.2 Å². The summed E-state index contributed by atoms with van der Waals surface area (Å²) in [6, 6.07) is 2.76. The molecule has 7 nitrogen and oxygen atoms in total. The number of carbonyl (C=O) groups is 1. The minimum Gasteiger partial charge on any atom is -0.378 e. The van der Waals surface area contributed by atoms with Crippen molar-refractivity contribution in [1.82, 2.24) is 10.2 Å². The van der Waals surface area contributed by atoms with Crippen LogP contribution in [0.1, 0.15) is 10.4 Å². The summed E-state index contributed by atoms with van der Waals surface area (Å²) < 4.78 is 18.4. The lowest BCUT2D eigenvalue weighted by Crippen LogP contribution is -2.29. The van der Waals surface area contributed by atoms with Gasteiger partial charge in [0.15, 0.2) is 0 Å². The molecule has 0 fully saturated rings. The van der Waals surface area contributed by atoms with Gasteiger partial charge < -0.3 is 15.0 Å². The summed E-state index contributed by atoms with van der Waals surface area (Å²) >= 11 is 0. The summed E-state index contributed by atoms with van der Waals surface area (Å²) in [4.78, 5) is 23.8. The van der Waals surface area contributed by atoms with Crippen molar-refractivity contribution in [3.63, 3.8) is 0 Å². The zero-order chi connectivity index (χ0) is 15.8. The minimum atomic E-state index is -0.720. The fourth-order valence-electron chi connectivity index (χ4n) is 1.53. The van der Waals surface area contributed by atoms with E-state index in [1.807, 2.05) is 19.0 Å². The first-order chi connectivity index (χ1) is 9.91. The topological polar surface area (TPSA) is 84.7 Å². The molecule has 1 amide bonds. The van der Waals surface area contributed by atoms with Gasteiger partial charge in [-0.25, -0.2) is 4.39 Å². The largest absolute Gasteiger partial charge is 0.378 e. The van der Waals surface area contributed by atoms with Crippen LogP contribution < -0.4 is 5.32 Å². The average Bonchev–Trinajstić information content (AvgIpc) is 2.41. The van der Waals surface area contributed by atoms with Crippen LogP contribution >= 0.6 is 0 Å². The average molecular weight is 299 g/mol. The number of benzene rings is 1. The van der Waals surface area contributed by atoms with E-state index in [1.165, 1.54) is 0 Å². The second-order valence-electron chi connectivity index (χ2n) is 4.59. The molecule has 0 saturated carbocycles. The van der Waals surface area contributed by atoms with Crippen LogP contribution in [0, 0.1) is 15.9 Å². The highest BCUT2D eigenvalue weighted by Crippen LogP contribution is 2.19. The molecule has 0 bridgehead atoms. The number of nitrogens with one attached hydrogen (secondary N) is 1. The molecule has 1 N–H and O–H groups in total. The van der Waals surface area contributed by atoms with Gasteiger partial charge in [-0.1, -0.05) is 0 Å². The maximum Gasteiger partial charge on any atom is 0.282 e. The van der Waals surface area contributed by atoms with Gasteiger partial charge in [-0.05, 0) is 26.2 Å². The van der Waals surface area contributed by atoms with Crippen molar-refractivity contribution in [1.29, 1.82) is 0 Å². The Balaban J connectivity index is 2.49. The van der Waals surface area contributed by atoms with E-state index in [4.69, 9.17) is 4.74 Å². The summed E-state index contributed by atoms with van der Waals surface area (Å²) in [5.41, 5.74) is -0.726. The van der Waals surface area contributed by atoms with E-state index in [0.717, 1.165) is 24.7 Å². The van der Waals surface area contributed by atoms with Crippen LogP contribution in [0.15, 0.2) is 18.2 Å². The fraction of sp³-hybridized carbons (Fsp3) is 0.462. The van der Waals surface area contributed by atoms with E-state index in [-0.39, 0.29) is 18.7 Å². The molecule has 0 aliphatic carbocycles. The lowest BCUT2D eigenvalue weighted by molar-refractivity contribution is -0.385. The molecule has 0 aliphatic heterocycles. The molecule has 0 radical (unpaired) electrons. The van der Waals surface area contributed by atoms with Gasteiger partial charge in [0.2, 0.25) is 0 Å². The van der Waals surface area contributed by atoms with E-state index in [1.54, 1.807) is 0 Å². The molecule has 0 aromatic heterocycles. The molecule has 1 aromatic carbocycles. The van der Waals surface area contributed by atoms with Crippen molar-refractivity contribution in [2.45, 2.75) is 0 Å². The molecular formula is C13H18FN3O4. The number of amides is 1. The third kappa shape index (κ3) is 5.84. The van der Waals surface area contributed by atoms with Crippen molar-refractivity contribution in [3.8, 4) is 0 Å². The number of hydrogen-bond donors (Lipinski definition) is 1. The molecule has 116 valence electrons. The van der Waals surface area contributed by atoms with Crippen LogP contribution in [0.3, 0.4) is 0 Å². The first-order valence-electron chi connectivity index (χ1n) is 6.36. The standard InChI is InChI=1S/C13H18FN3O4/c1-16(2)6-8-21-7-5-15-13(18)11-9-10(14)3-4-12(11)17(19)20/h3-4,9H,5-8H2,1-2H3,(H,15,18). The Morgan fingerprint density at radius 3 is 2.76 bits per heavy atom. The molecule has 0 atom stereocenters. The molecule has 0 unspecified atom stereocenters. The number of rotatable bonds is 8. The molecule has 0 heterocycles. The normalized spacial score (nSPS) is 10.7. The Bertz CT molecular complexity index is 508. The van der Waals surface area contributed by atoms with E-state index in [2.05, 4.69) is 5.32 Å². The van der Waals surface area contributed by atoms with Crippen molar-refractivity contribution in [2.24, 2.45) is 0 Å². The minimum absolute atomic E-state index is 0.194. The van der Waals surface area contributed by atoms with Crippen molar-refractivity contribution >= 4 is 11.6 Å². The number of carbonyl (C=O) groups excluding carboxylic acids is 1. The Labute approximate surface area is 121 Å². The number of nitro groups is 1. The molecule has 0 saturated heterocycles. The smallest absolute Gasteiger partial charge is 0.282 e. The van der Waals surface area contributed by atoms with Crippen LogP contribution in [0.2, 0.25) is 0 Å². The van der Waals surface area contributed by atoms with Crippen molar-refractivity contribution in [2.75, 3.05) is 40.4 Å². The van der Waals surface area contributed by atoms with Crippen molar-refractivity contribution in [3.05, 3.63) is 39.7 Å². The lowest BCUT2D eigenvalue weighted by Gasteiger charge is -2.10. The van der Waals surface area contributed by atoms with Gasteiger partial charge in [0.25, 0.3) is 11.6 Å². The second kappa shape index (κ2) is 8.28. The molecule has 1 aromatic rings. The quantitative estimate of drug-likeness (QED) is 0.440. The van der Waals surface area contributed by atoms with Crippen LogP contribution in [-0.2, 0) is 4.74 Å². The third-order valence-corrected chi connectivity index (χ3v) is 2.61. The summed E-state index contributed by atoms with van der Waals surface area (Å²) in [7, 11) is 3.82. The molecule has 1 rings (SSSR count). The third-order valence-electron chi connectivity index (χ3n) is 2.61. The maximum absolute atomic E-state index is 13.1. The number of halogens is 1. The zero-order valence-electron chi connectivity index (χ0n) is 12.0. The summed E-state index contributed by atoms with van der Waals surface area (Å²) in [6.45, 7) is 1.74. The van der Waals surface area contributed by atoms with Gasteiger partial charge in [-0.2, -0.15) is 0 Å². The Morgan fingerprint density at radius 1 is 1.43 bits per heavy atom. The van der Waals surface area contributed by atoms with E-state index in [9.17, 15) is 19.3 Å². The number of likely N-dealkylation sites (N-methyl/N-ethyl adjacent to an activating group) is 1. The Hall–Kier alpha value is -2.06. The Morgan fingerprint density at radius 2 is 2.14 bits per heavy atom. The van der Waals surface area contributed by atoms with E-state index >= 15 is 0 Å². The van der Waals surface area contributed by atoms with E-state index in [0.29, 0.717) is 6.61 Å². The first-order valence-corrected chi connectivity index (χ1v) is 6.36. The highest BCUT2D eigenvalue weighted by Gasteiger charge is 2.20. The summed E-state index contributed by atoms with van der Waals surface area (Å²) in [6.07, 6.45) is 0. The molecule has 8 heteroatoms. The first kappa shape index (κ1) is 17.0. The number of nitro benzene ring substituents is 1. The predicted molar refractivity (Wildman–Crippen MR) is 74.8 cm³/mol. The fourth-order valence-corrected chi connectivity index (χ4v) is 1.53. The molecule has 21 heavy (non-hydrogen) atoms. The second-order valence-corrected chi connectivity index (χ2v) is 4.59. The van der Waals surface area contributed by atoms with Gasteiger partial charge in [-0.15, -0.1) is 0 Å². The van der Waals surface area contributed by atoms with Crippen LogP contribution in [0.25, 0.3) is 0 Å². The monoisotopic (exact) mass is 299 g/mol. The number of ether oxygens (including phenoxy) is 1. The molecular weight excluding hydrogens is 281 g/mol. The van der Waals surface area contributed by atoms with E-state index < -0.39 is 22.3 Å². The van der Waals surface area contributed by atoms with Gasteiger partial charge in [0.05, 0.1) is 18.1 Å². The SMILES string of the molecule is CN(C)CCOCCNC(=O)c1cc(F)ccc1[N+](=O)[O-]. The van der Waals surface area contributed by atoms with Crippen LogP contribution in [0.4, 0.5) is 10.1 Å². The van der Waals surface area contributed by atoms with Crippen LogP contribution in [-0.4, -0.2) is 56.1 Å². The number of nitrogens with zero attached hydrogens (tertiary/aromatic N) is 2. The number of hydrogen-bond acceptors (Lipinski definition) is 5. The van der Waals surface area contributed by atoms with Gasteiger partial charge >= 0.3 is 0 Å². The predicted octanol–water partition coefficient (Wildman–Crippen LogP) is 1.04. The Kier molecular flexibility index (Phi) is 6.70. The lowest BCUT2D eigenvalue weighted by atomic mass is 10.1. The summed E-state index contributed by atoms with van der Waals surface area (Å²) in [5.74, 6) is -1.40. The van der Waals surface area contributed by atoms with Gasteiger partial charge in [-0.3, -0.25) is 14.9 Å². The van der Waals surface area contributed by atoms with Gasteiger partial charge in [0.1, 0.15) is 11.4 Å². The van der Waals surface area contributed by atoms with Crippen molar-refractivity contribution < 1.29 is 18.8 Å². The maximum atomic E-state index is 13.1. The van der Waals surface area contributed by atoms with Crippen LogP contribution in [0.5, 0.6) is 0 Å². The summed E-state index contributed by atoms with van der Waals surface area (Å²) in [5, 5.41) is 13.3. The molecule has 0 aliphatic rings. The highest BCUT2D eigenvalue weighted by atomic mass is 19.1.